The molecule has 0 unspecified atom stereocenters. The Morgan fingerprint density at radius 2 is 2.32 bits per heavy atom. The fraction of sp³-hybridized carbons (Fsp3) is 0.286. The maximum absolute atomic E-state index is 8.80. The Hall–Kier alpha value is -1.99. The molecule has 1 heterocycles. The van der Waals surface area contributed by atoms with E-state index in [4.69, 9.17) is 21.6 Å². The standard InChI is InChI=1S/C14H14ClN3O/c1-2-5-18-10-17-8-12(18)9-19-13-4-3-11(7-16)14(15)6-13/h3-4,6,8,10H,2,5,9H2,1H3. The number of aryl methyl sites for hydroxylation is 1. The van der Waals surface area contributed by atoms with Crippen LogP contribution in [0, 0.1) is 11.3 Å². The summed E-state index contributed by atoms with van der Waals surface area (Å²) in [6.07, 6.45) is 4.64. The van der Waals surface area contributed by atoms with Gasteiger partial charge in [0.15, 0.2) is 0 Å². The molecule has 0 radical (unpaired) electrons. The number of hydrogen-bond acceptors (Lipinski definition) is 3. The Kier molecular flexibility index (Phi) is 4.43. The van der Waals surface area contributed by atoms with Crippen LogP contribution >= 0.6 is 11.6 Å². The molecule has 0 aliphatic carbocycles. The number of imidazole rings is 1. The van der Waals surface area contributed by atoms with Crippen molar-refractivity contribution in [3.8, 4) is 11.8 Å². The summed E-state index contributed by atoms with van der Waals surface area (Å²) in [7, 11) is 0. The van der Waals surface area contributed by atoms with Crippen molar-refractivity contribution >= 4 is 11.6 Å². The normalized spacial score (nSPS) is 10.2. The third-order valence-electron chi connectivity index (χ3n) is 2.71. The maximum Gasteiger partial charge on any atom is 0.130 e. The lowest BCUT2D eigenvalue weighted by Gasteiger charge is -2.09. The minimum atomic E-state index is 0.405. The first-order valence-electron chi connectivity index (χ1n) is 6.06. The van der Waals surface area contributed by atoms with Crippen LogP contribution in [0.25, 0.3) is 0 Å². The third-order valence-corrected chi connectivity index (χ3v) is 3.02. The molecule has 2 rings (SSSR count). The molecule has 2 aromatic rings. The van der Waals surface area contributed by atoms with Gasteiger partial charge in [-0.2, -0.15) is 5.26 Å². The number of benzene rings is 1. The summed E-state index contributed by atoms with van der Waals surface area (Å²) in [5.41, 5.74) is 1.47. The molecular formula is C14H14ClN3O. The van der Waals surface area contributed by atoms with Crippen molar-refractivity contribution in [3.05, 3.63) is 47.0 Å². The highest BCUT2D eigenvalue weighted by molar-refractivity contribution is 6.31. The summed E-state index contributed by atoms with van der Waals surface area (Å²) in [5.74, 6) is 0.647. The van der Waals surface area contributed by atoms with Crippen molar-refractivity contribution in [2.45, 2.75) is 26.5 Å². The van der Waals surface area contributed by atoms with Gasteiger partial charge in [0.1, 0.15) is 18.4 Å². The van der Waals surface area contributed by atoms with Crippen LogP contribution in [-0.2, 0) is 13.2 Å². The van der Waals surface area contributed by atoms with Gasteiger partial charge in [0.2, 0.25) is 0 Å². The first-order valence-corrected chi connectivity index (χ1v) is 6.44. The van der Waals surface area contributed by atoms with Gasteiger partial charge < -0.3 is 9.30 Å². The van der Waals surface area contributed by atoms with Crippen LogP contribution in [0.3, 0.4) is 0 Å². The molecule has 0 bridgehead atoms. The fourth-order valence-corrected chi connectivity index (χ4v) is 1.96. The van der Waals surface area contributed by atoms with Crippen molar-refractivity contribution in [2.24, 2.45) is 0 Å². The second kappa shape index (κ2) is 6.26. The average molecular weight is 276 g/mol. The lowest BCUT2D eigenvalue weighted by Crippen LogP contribution is -2.05. The van der Waals surface area contributed by atoms with Crippen LogP contribution in [0.1, 0.15) is 24.6 Å². The van der Waals surface area contributed by atoms with Gasteiger partial charge in [-0.25, -0.2) is 4.98 Å². The minimum absolute atomic E-state index is 0.405. The summed E-state index contributed by atoms with van der Waals surface area (Å²) >= 11 is 5.95. The molecule has 0 saturated carbocycles. The summed E-state index contributed by atoms with van der Waals surface area (Å²) in [5, 5.41) is 9.20. The zero-order chi connectivity index (χ0) is 13.7. The Bertz CT molecular complexity index is 601. The molecule has 0 spiro atoms. The molecule has 0 N–H and O–H groups in total. The van der Waals surface area contributed by atoms with Crippen LogP contribution in [0.4, 0.5) is 0 Å². The van der Waals surface area contributed by atoms with Gasteiger partial charge in [-0.15, -0.1) is 0 Å². The van der Waals surface area contributed by atoms with E-state index in [1.165, 1.54) is 0 Å². The molecule has 0 amide bonds. The predicted octanol–water partition coefficient (Wildman–Crippen LogP) is 3.40. The smallest absolute Gasteiger partial charge is 0.130 e. The van der Waals surface area contributed by atoms with E-state index in [-0.39, 0.29) is 0 Å². The number of aromatic nitrogens is 2. The van der Waals surface area contributed by atoms with Gasteiger partial charge in [0, 0.05) is 12.6 Å². The maximum atomic E-state index is 8.80. The van der Waals surface area contributed by atoms with Crippen molar-refractivity contribution < 1.29 is 4.74 Å². The van der Waals surface area contributed by atoms with Crippen molar-refractivity contribution in [2.75, 3.05) is 0 Å². The topological polar surface area (TPSA) is 50.8 Å². The van der Waals surface area contributed by atoms with Gasteiger partial charge >= 0.3 is 0 Å². The molecule has 4 nitrogen and oxygen atoms in total. The van der Waals surface area contributed by atoms with Gasteiger partial charge in [0.25, 0.3) is 0 Å². The highest BCUT2D eigenvalue weighted by Gasteiger charge is 2.05. The molecule has 0 fully saturated rings. The monoisotopic (exact) mass is 275 g/mol. The Morgan fingerprint density at radius 3 is 3.00 bits per heavy atom. The second-order valence-corrected chi connectivity index (χ2v) is 4.53. The van der Waals surface area contributed by atoms with Crippen LogP contribution in [-0.4, -0.2) is 9.55 Å². The fourth-order valence-electron chi connectivity index (χ4n) is 1.74. The molecule has 1 aromatic carbocycles. The Labute approximate surface area is 117 Å². The third kappa shape index (κ3) is 3.27. The molecule has 0 aliphatic rings. The van der Waals surface area contributed by atoms with E-state index in [2.05, 4.69) is 16.5 Å². The number of hydrogen-bond donors (Lipinski definition) is 0. The molecule has 5 heteroatoms. The average Bonchev–Trinajstić information content (AvgIpc) is 2.84. The first-order chi connectivity index (χ1) is 9.24. The first kappa shape index (κ1) is 13.4. The lowest BCUT2D eigenvalue weighted by atomic mass is 10.2. The van der Waals surface area contributed by atoms with Crippen LogP contribution in [0.2, 0.25) is 5.02 Å². The highest BCUT2D eigenvalue weighted by Crippen LogP contribution is 2.22. The van der Waals surface area contributed by atoms with Crippen LogP contribution < -0.4 is 4.74 Å². The number of nitrogens with zero attached hydrogens (tertiary/aromatic N) is 3. The molecule has 19 heavy (non-hydrogen) atoms. The molecule has 0 saturated heterocycles. The molecular weight excluding hydrogens is 262 g/mol. The largest absolute Gasteiger partial charge is 0.487 e. The summed E-state index contributed by atoms with van der Waals surface area (Å²) in [4.78, 5) is 4.11. The minimum Gasteiger partial charge on any atom is -0.487 e. The van der Waals surface area contributed by atoms with E-state index in [0.717, 1.165) is 18.7 Å². The zero-order valence-corrected chi connectivity index (χ0v) is 11.4. The van der Waals surface area contributed by atoms with E-state index in [9.17, 15) is 0 Å². The van der Waals surface area contributed by atoms with Gasteiger partial charge in [-0.05, 0) is 18.6 Å². The zero-order valence-electron chi connectivity index (χ0n) is 10.6. The van der Waals surface area contributed by atoms with E-state index >= 15 is 0 Å². The van der Waals surface area contributed by atoms with E-state index in [0.29, 0.717) is 22.9 Å². The molecule has 1 aromatic heterocycles. The number of ether oxygens (including phenoxy) is 1. The lowest BCUT2D eigenvalue weighted by molar-refractivity contribution is 0.294. The molecule has 0 aliphatic heterocycles. The van der Waals surface area contributed by atoms with Gasteiger partial charge in [0.05, 0.1) is 28.8 Å². The predicted molar refractivity (Wildman–Crippen MR) is 73.0 cm³/mol. The molecule has 98 valence electrons. The number of rotatable bonds is 5. The van der Waals surface area contributed by atoms with Gasteiger partial charge in [-0.1, -0.05) is 18.5 Å². The van der Waals surface area contributed by atoms with E-state index in [1.807, 2.05) is 6.07 Å². The quantitative estimate of drug-likeness (QED) is 0.840. The van der Waals surface area contributed by atoms with Crippen molar-refractivity contribution in [1.29, 1.82) is 5.26 Å². The SMILES string of the molecule is CCCn1cncc1COc1ccc(C#N)c(Cl)c1. The van der Waals surface area contributed by atoms with Gasteiger partial charge in [-0.3, -0.25) is 0 Å². The number of nitriles is 1. The summed E-state index contributed by atoms with van der Waals surface area (Å²) in [6, 6.07) is 7.06. The van der Waals surface area contributed by atoms with E-state index in [1.54, 1.807) is 30.7 Å². The summed E-state index contributed by atoms with van der Waals surface area (Å²) in [6.45, 7) is 3.47. The van der Waals surface area contributed by atoms with Crippen LogP contribution in [0.5, 0.6) is 5.75 Å². The molecule has 0 atom stereocenters. The van der Waals surface area contributed by atoms with Crippen molar-refractivity contribution in [1.82, 2.24) is 9.55 Å². The van der Waals surface area contributed by atoms with Crippen LogP contribution in [0.15, 0.2) is 30.7 Å². The summed E-state index contributed by atoms with van der Waals surface area (Å²) < 4.78 is 7.72. The Balaban J connectivity index is 2.04. The second-order valence-electron chi connectivity index (χ2n) is 4.12. The van der Waals surface area contributed by atoms with E-state index < -0.39 is 0 Å². The number of halogens is 1. The highest BCUT2D eigenvalue weighted by atomic mass is 35.5. The van der Waals surface area contributed by atoms with Crippen molar-refractivity contribution in [3.63, 3.8) is 0 Å². The Morgan fingerprint density at radius 1 is 1.47 bits per heavy atom.